The molecule has 0 aliphatic carbocycles. The van der Waals surface area contributed by atoms with E-state index < -0.39 is 35.8 Å². The fourth-order valence-corrected chi connectivity index (χ4v) is 4.68. The van der Waals surface area contributed by atoms with Gasteiger partial charge in [-0.05, 0) is 63.1 Å². The number of aliphatic hydroxyl groups excluding tert-OH is 1. The molecule has 2 aromatic rings. The summed E-state index contributed by atoms with van der Waals surface area (Å²) in [6.45, 7) is 9.66. The maximum Gasteiger partial charge on any atom is 0.407 e. The van der Waals surface area contributed by atoms with E-state index in [-0.39, 0.29) is 30.6 Å². The molecule has 0 saturated heterocycles. The fourth-order valence-electron chi connectivity index (χ4n) is 4.68. The zero-order chi connectivity index (χ0) is 32.0. The molecule has 0 heterocycles. The number of rotatable bonds is 16. The van der Waals surface area contributed by atoms with Gasteiger partial charge in [0.15, 0.2) is 0 Å². The van der Waals surface area contributed by atoms with Gasteiger partial charge in [0, 0.05) is 19.6 Å². The number of hydrogen-bond donors (Lipinski definition) is 4. The normalized spacial score (nSPS) is 14.3. The third-order valence-electron chi connectivity index (χ3n) is 6.87. The molecule has 2 rings (SSSR count). The van der Waals surface area contributed by atoms with Crippen molar-refractivity contribution in [3.63, 3.8) is 0 Å². The molecule has 0 aliphatic heterocycles. The van der Waals surface area contributed by atoms with Gasteiger partial charge in [0.05, 0.1) is 25.9 Å². The van der Waals surface area contributed by atoms with Crippen molar-refractivity contribution in [2.75, 3.05) is 27.4 Å². The van der Waals surface area contributed by atoms with E-state index in [0.717, 1.165) is 11.1 Å². The Kier molecular flexibility index (Phi) is 14.5. The van der Waals surface area contributed by atoms with Gasteiger partial charge in [-0.2, -0.15) is 0 Å². The molecular formula is C33H49N3O7. The zero-order valence-electron chi connectivity index (χ0n) is 26.5. The number of alkyl carbamates (subject to hydrolysis) is 1. The van der Waals surface area contributed by atoms with Crippen LogP contribution in [0.15, 0.2) is 54.6 Å². The van der Waals surface area contributed by atoms with Crippen LogP contribution in [0.1, 0.15) is 52.2 Å². The van der Waals surface area contributed by atoms with Crippen molar-refractivity contribution in [3.8, 4) is 5.75 Å². The van der Waals surface area contributed by atoms with Crippen LogP contribution in [0.4, 0.5) is 4.79 Å². The first-order valence-electron chi connectivity index (χ1n) is 14.7. The topological polar surface area (TPSA) is 135 Å². The minimum Gasteiger partial charge on any atom is -0.496 e. The Bertz CT molecular complexity index is 1150. The third kappa shape index (κ3) is 12.6. The molecule has 0 aromatic heterocycles. The van der Waals surface area contributed by atoms with Gasteiger partial charge in [-0.3, -0.25) is 9.59 Å². The van der Waals surface area contributed by atoms with Gasteiger partial charge in [0.2, 0.25) is 11.8 Å². The van der Waals surface area contributed by atoms with Gasteiger partial charge >= 0.3 is 6.09 Å². The van der Waals surface area contributed by atoms with E-state index in [1.54, 1.807) is 35.0 Å². The SMILES string of the molecule is COCCNC(=O)C(NC(=O)C(Cc1ccccc1OC)CC(O)C(Cc1ccccc1)NC(=O)OC(C)(C)C)C(C)C. The lowest BCUT2D eigenvalue weighted by Crippen LogP contribution is -2.53. The number of carbonyl (C=O) groups excluding carboxylic acids is 3. The van der Waals surface area contributed by atoms with Crippen molar-refractivity contribution in [1.82, 2.24) is 16.0 Å². The summed E-state index contributed by atoms with van der Waals surface area (Å²) in [6.07, 6.45) is -1.21. The maximum atomic E-state index is 13.8. The minimum absolute atomic E-state index is 0.00723. The van der Waals surface area contributed by atoms with Crippen molar-refractivity contribution in [2.45, 2.75) is 77.7 Å². The van der Waals surface area contributed by atoms with Gasteiger partial charge < -0.3 is 35.3 Å². The molecule has 10 nitrogen and oxygen atoms in total. The average molecular weight is 600 g/mol. The highest BCUT2D eigenvalue weighted by molar-refractivity contribution is 5.88. The van der Waals surface area contributed by atoms with Crippen molar-refractivity contribution in [1.29, 1.82) is 0 Å². The van der Waals surface area contributed by atoms with E-state index >= 15 is 0 Å². The molecule has 0 fully saturated rings. The molecule has 3 amide bonds. The Morgan fingerprint density at radius 3 is 2.14 bits per heavy atom. The molecule has 238 valence electrons. The van der Waals surface area contributed by atoms with Gasteiger partial charge in [0.1, 0.15) is 17.4 Å². The number of amides is 3. The van der Waals surface area contributed by atoms with E-state index in [0.29, 0.717) is 25.3 Å². The summed E-state index contributed by atoms with van der Waals surface area (Å²) in [5, 5.41) is 20.1. The van der Waals surface area contributed by atoms with Crippen LogP contribution in [0.3, 0.4) is 0 Å². The largest absolute Gasteiger partial charge is 0.496 e. The smallest absolute Gasteiger partial charge is 0.407 e. The number of aliphatic hydroxyl groups is 1. The minimum atomic E-state index is -1.12. The molecule has 4 N–H and O–H groups in total. The summed E-state index contributed by atoms with van der Waals surface area (Å²) in [6, 6.07) is 15.3. The van der Waals surface area contributed by atoms with Gasteiger partial charge in [-0.15, -0.1) is 0 Å². The second-order valence-electron chi connectivity index (χ2n) is 12.0. The lowest BCUT2D eigenvalue weighted by molar-refractivity contribution is -0.132. The Labute approximate surface area is 255 Å². The van der Waals surface area contributed by atoms with E-state index in [1.807, 2.05) is 68.4 Å². The molecule has 10 heteroatoms. The molecule has 0 radical (unpaired) electrons. The van der Waals surface area contributed by atoms with Gasteiger partial charge in [-0.1, -0.05) is 62.4 Å². The molecule has 4 unspecified atom stereocenters. The molecule has 0 saturated carbocycles. The van der Waals surface area contributed by atoms with Crippen LogP contribution in [-0.2, 0) is 31.9 Å². The Morgan fingerprint density at radius 2 is 1.53 bits per heavy atom. The molecule has 0 bridgehead atoms. The monoisotopic (exact) mass is 599 g/mol. The summed E-state index contributed by atoms with van der Waals surface area (Å²) >= 11 is 0. The number of benzene rings is 2. The molecule has 0 aliphatic rings. The van der Waals surface area contributed by atoms with E-state index in [1.165, 1.54) is 0 Å². The van der Waals surface area contributed by atoms with Crippen LogP contribution in [0.5, 0.6) is 5.75 Å². The van der Waals surface area contributed by atoms with Crippen LogP contribution >= 0.6 is 0 Å². The van der Waals surface area contributed by atoms with Crippen molar-refractivity contribution >= 4 is 17.9 Å². The van der Waals surface area contributed by atoms with E-state index in [2.05, 4.69) is 16.0 Å². The predicted octanol–water partition coefficient (Wildman–Crippen LogP) is 3.64. The Hall–Kier alpha value is -3.63. The summed E-state index contributed by atoms with van der Waals surface area (Å²) in [4.78, 5) is 39.5. The van der Waals surface area contributed by atoms with Gasteiger partial charge in [-0.25, -0.2) is 4.79 Å². The van der Waals surface area contributed by atoms with Crippen LogP contribution < -0.4 is 20.7 Å². The molecule has 4 atom stereocenters. The number of ether oxygens (including phenoxy) is 3. The molecular weight excluding hydrogens is 550 g/mol. The first-order chi connectivity index (χ1) is 20.3. The summed E-state index contributed by atoms with van der Waals surface area (Å²) in [5.74, 6) is -1.03. The number of methoxy groups -OCH3 is 2. The first kappa shape index (κ1) is 35.6. The lowest BCUT2D eigenvalue weighted by Gasteiger charge is -2.30. The van der Waals surface area contributed by atoms with Crippen molar-refractivity contribution in [2.24, 2.45) is 11.8 Å². The van der Waals surface area contributed by atoms with Crippen LogP contribution in [-0.4, -0.2) is 74.2 Å². The second-order valence-corrected chi connectivity index (χ2v) is 12.0. The number of hydrogen-bond acceptors (Lipinski definition) is 7. The molecule has 2 aromatic carbocycles. The number of carbonyl (C=O) groups is 3. The van der Waals surface area contributed by atoms with Crippen molar-refractivity contribution in [3.05, 3.63) is 65.7 Å². The fraction of sp³-hybridized carbons (Fsp3) is 0.545. The van der Waals surface area contributed by atoms with E-state index in [4.69, 9.17) is 14.2 Å². The summed E-state index contributed by atoms with van der Waals surface area (Å²) < 4.78 is 16.0. The summed E-state index contributed by atoms with van der Waals surface area (Å²) in [5.41, 5.74) is 0.956. The van der Waals surface area contributed by atoms with Crippen molar-refractivity contribution < 1.29 is 33.7 Å². The third-order valence-corrected chi connectivity index (χ3v) is 6.87. The van der Waals surface area contributed by atoms with Crippen LogP contribution in [0.25, 0.3) is 0 Å². The van der Waals surface area contributed by atoms with Gasteiger partial charge in [0.25, 0.3) is 0 Å². The lowest BCUT2D eigenvalue weighted by atomic mass is 9.88. The number of para-hydroxylation sites is 1. The van der Waals surface area contributed by atoms with Crippen LogP contribution in [0, 0.1) is 11.8 Å². The first-order valence-corrected chi connectivity index (χ1v) is 14.7. The average Bonchev–Trinajstić information content (AvgIpc) is 2.94. The molecule has 43 heavy (non-hydrogen) atoms. The Balaban J connectivity index is 2.36. The highest BCUT2D eigenvalue weighted by Gasteiger charge is 2.33. The second kappa shape index (κ2) is 17.5. The standard InChI is InChI=1S/C33H49N3O7/c1-22(2)29(31(39)34-17-18-41-6)36-30(38)25(20-24-15-11-12-16-28(24)42-7)21-27(37)26(19-23-13-9-8-10-14-23)35-32(40)43-33(3,4)5/h8-16,22,25-27,29,37H,17-21H2,1-7H3,(H,34,39)(H,35,40)(H,36,38). The van der Waals surface area contributed by atoms with E-state index in [9.17, 15) is 19.5 Å². The highest BCUT2D eigenvalue weighted by Crippen LogP contribution is 2.25. The van der Waals surface area contributed by atoms with Crippen LogP contribution in [0.2, 0.25) is 0 Å². The summed E-state index contributed by atoms with van der Waals surface area (Å²) in [7, 11) is 3.10. The quantitative estimate of drug-likeness (QED) is 0.216. The number of nitrogens with one attached hydrogen (secondary N) is 3. The Morgan fingerprint density at radius 1 is 0.884 bits per heavy atom. The maximum absolute atomic E-state index is 13.8. The zero-order valence-corrected chi connectivity index (χ0v) is 26.5. The molecule has 0 spiro atoms. The highest BCUT2D eigenvalue weighted by atomic mass is 16.6. The predicted molar refractivity (Wildman–Crippen MR) is 166 cm³/mol.